The Kier molecular flexibility index (Phi) is 3.45. The molecule has 0 radical (unpaired) electrons. The Hall–Kier alpha value is -0.0800. The van der Waals surface area contributed by atoms with Gasteiger partial charge in [0.1, 0.15) is 0 Å². The SMILES string of the molecule is C[C@@H]1CCC[C@@H](N[C@H]2CCN(C)C2)C1. The molecule has 2 heteroatoms. The Bertz CT molecular complexity index is 181. The summed E-state index contributed by atoms with van der Waals surface area (Å²) in [6.45, 7) is 4.93. The largest absolute Gasteiger partial charge is 0.310 e. The zero-order valence-electron chi connectivity index (χ0n) is 9.63. The topological polar surface area (TPSA) is 15.3 Å². The van der Waals surface area contributed by atoms with Gasteiger partial charge in [-0.1, -0.05) is 19.8 Å². The van der Waals surface area contributed by atoms with Crippen LogP contribution in [0.1, 0.15) is 39.0 Å². The van der Waals surface area contributed by atoms with E-state index >= 15 is 0 Å². The van der Waals surface area contributed by atoms with E-state index < -0.39 is 0 Å². The molecule has 0 aromatic rings. The van der Waals surface area contributed by atoms with Gasteiger partial charge in [-0.15, -0.1) is 0 Å². The molecule has 3 atom stereocenters. The van der Waals surface area contributed by atoms with E-state index in [4.69, 9.17) is 0 Å². The van der Waals surface area contributed by atoms with Crippen LogP contribution in [0, 0.1) is 5.92 Å². The van der Waals surface area contributed by atoms with Gasteiger partial charge in [-0.3, -0.25) is 0 Å². The molecule has 14 heavy (non-hydrogen) atoms. The highest BCUT2D eigenvalue weighted by Crippen LogP contribution is 2.24. The minimum absolute atomic E-state index is 0.773. The summed E-state index contributed by atoms with van der Waals surface area (Å²) in [5, 5.41) is 3.84. The molecule has 1 saturated carbocycles. The average molecular weight is 196 g/mol. The average Bonchev–Trinajstić information content (AvgIpc) is 2.51. The molecule has 0 spiro atoms. The van der Waals surface area contributed by atoms with Crippen molar-refractivity contribution in [2.24, 2.45) is 5.92 Å². The highest BCUT2D eigenvalue weighted by molar-refractivity contribution is 4.84. The normalized spacial score (nSPS) is 40.3. The summed E-state index contributed by atoms with van der Waals surface area (Å²) in [6, 6.07) is 1.59. The second-order valence-electron chi connectivity index (χ2n) is 5.38. The fourth-order valence-corrected chi connectivity index (χ4v) is 2.99. The van der Waals surface area contributed by atoms with Crippen LogP contribution in [0.3, 0.4) is 0 Å². The first-order valence-corrected chi connectivity index (χ1v) is 6.18. The van der Waals surface area contributed by atoms with Gasteiger partial charge in [0, 0.05) is 18.6 Å². The Balaban J connectivity index is 1.74. The predicted octanol–water partition coefficient (Wildman–Crippen LogP) is 1.86. The zero-order chi connectivity index (χ0) is 9.97. The zero-order valence-corrected chi connectivity index (χ0v) is 9.63. The third kappa shape index (κ3) is 2.71. The lowest BCUT2D eigenvalue weighted by atomic mass is 9.87. The van der Waals surface area contributed by atoms with Crippen LogP contribution in [0.2, 0.25) is 0 Å². The van der Waals surface area contributed by atoms with E-state index in [0.717, 1.165) is 18.0 Å². The van der Waals surface area contributed by atoms with Crippen LogP contribution < -0.4 is 5.32 Å². The van der Waals surface area contributed by atoms with Crippen molar-refractivity contribution in [3.8, 4) is 0 Å². The van der Waals surface area contributed by atoms with Crippen molar-refractivity contribution in [1.82, 2.24) is 10.2 Å². The Morgan fingerprint density at radius 1 is 1.14 bits per heavy atom. The van der Waals surface area contributed by atoms with Gasteiger partial charge in [-0.2, -0.15) is 0 Å². The molecule has 1 aliphatic heterocycles. The van der Waals surface area contributed by atoms with Gasteiger partial charge in [0.2, 0.25) is 0 Å². The molecule has 1 N–H and O–H groups in total. The minimum Gasteiger partial charge on any atom is -0.310 e. The fourth-order valence-electron chi connectivity index (χ4n) is 2.99. The molecule has 1 heterocycles. The van der Waals surface area contributed by atoms with Crippen molar-refractivity contribution in [1.29, 1.82) is 0 Å². The van der Waals surface area contributed by atoms with Gasteiger partial charge >= 0.3 is 0 Å². The summed E-state index contributed by atoms with van der Waals surface area (Å²) < 4.78 is 0. The summed E-state index contributed by atoms with van der Waals surface area (Å²) in [4.78, 5) is 2.43. The molecule has 82 valence electrons. The molecule has 2 nitrogen and oxygen atoms in total. The van der Waals surface area contributed by atoms with Crippen LogP contribution in [0.25, 0.3) is 0 Å². The van der Waals surface area contributed by atoms with E-state index in [1.54, 1.807) is 0 Å². The number of likely N-dealkylation sites (N-methyl/N-ethyl adjacent to an activating group) is 1. The maximum Gasteiger partial charge on any atom is 0.0209 e. The Morgan fingerprint density at radius 2 is 2.00 bits per heavy atom. The summed E-state index contributed by atoms with van der Waals surface area (Å²) in [7, 11) is 2.23. The molecule has 1 saturated heterocycles. The van der Waals surface area contributed by atoms with Crippen molar-refractivity contribution in [3.05, 3.63) is 0 Å². The van der Waals surface area contributed by atoms with Crippen molar-refractivity contribution in [3.63, 3.8) is 0 Å². The van der Waals surface area contributed by atoms with Crippen molar-refractivity contribution >= 4 is 0 Å². The number of rotatable bonds is 2. The second-order valence-corrected chi connectivity index (χ2v) is 5.38. The predicted molar refractivity (Wildman–Crippen MR) is 60.5 cm³/mol. The molecule has 0 bridgehead atoms. The Labute approximate surface area is 88.1 Å². The Morgan fingerprint density at radius 3 is 2.64 bits per heavy atom. The van der Waals surface area contributed by atoms with E-state index in [0.29, 0.717) is 0 Å². The first-order chi connectivity index (χ1) is 6.74. The third-order valence-electron chi connectivity index (χ3n) is 3.80. The van der Waals surface area contributed by atoms with Crippen molar-refractivity contribution in [2.45, 2.75) is 51.1 Å². The van der Waals surface area contributed by atoms with Crippen LogP contribution in [0.5, 0.6) is 0 Å². The quantitative estimate of drug-likeness (QED) is 0.725. The summed E-state index contributed by atoms with van der Waals surface area (Å²) in [6.07, 6.45) is 7.04. The van der Waals surface area contributed by atoms with E-state index in [-0.39, 0.29) is 0 Å². The molecule has 0 unspecified atom stereocenters. The third-order valence-corrected chi connectivity index (χ3v) is 3.80. The van der Waals surface area contributed by atoms with Gasteiger partial charge < -0.3 is 10.2 Å². The van der Waals surface area contributed by atoms with Gasteiger partial charge in [0.15, 0.2) is 0 Å². The summed E-state index contributed by atoms with van der Waals surface area (Å²) in [5.41, 5.74) is 0. The monoisotopic (exact) mass is 196 g/mol. The first-order valence-electron chi connectivity index (χ1n) is 6.18. The molecular weight excluding hydrogens is 172 g/mol. The molecule has 2 fully saturated rings. The smallest absolute Gasteiger partial charge is 0.0209 e. The fraction of sp³-hybridized carbons (Fsp3) is 1.00. The second kappa shape index (κ2) is 4.63. The van der Waals surface area contributed by atoms with Crippen molar-refractivity contribution < 1.29 is 0 Å². The minimum atomic E-state index is 0.773. The van der Waals surface area contributed by atoms with Crippen LogP contribution >= 0.6 is 0 Å². The van der Waals surface area contributed by atoms with Crippen LogP contribution in [0.15, 0.2) is 0 Å². The number of nitrogens with one attached hydrogen (secondary N) is 1. The highest BCUT2D eigenvalue weighted by atomic mass is 15.2. The van der Waals surface area contributed by atoms with Gasteiger partial charge in [0.05, 0.1) is 0 Å². The van der Waals surface area contributed by atoms with Gasteiger partial charge in [-0.25, -0.2) is 0 Å². The molecule has 2 rings (SSSR count). The molecule has 0 aromatic heterocycles. The molecule has 1 aliphatic carbocycles. The molecular formula is C12H24N2. The lowest BCUT2D eigenvalue weighted by Crippen LogP contribution is -2.41. The number of nitrogens with zero attached hydrogens (tertiary/aromatic N) is 1. The maximum atomic E-state index is 3.84. The highest BCUT2D eigenvalue weighted by Gasteiger charge is 2.24. The number of likely N-dealkylation sites (tertiary alicyclic amines) is 1. The van der Waals surface area contributed by atoms with Crippen LogP contribution in [-0.4, -0.2) is 37.1 Å². The van der Waals surface area contributed by atoms with E-state index in [9.17, 15) is 0 Å². The van der Waals surface area contributed by atoms with Crippen LogP contribution in [0.4, 0.5) is 0 Å². The summed E-state index contributed by atoms with van der Waals surface area (Å²) in [5.74, 6) is 0.945. The summed E-state index contributed by atoms with van der Waals surface area (Å²) >= 11 is 0. The molecule has 0 aromatic carbocycles. The molecule has 0 amide bonds. The van der Waals surface area contributed by atoms with Gasteiger partial charge in [0.25, 0.3) is 0 Å². The van der Waals surface area contributed by atoms with Gasteiger partial charge in [-0.05, 0) is 38.8 Å². The lowest BCUT2D eigenvalue weighted by Gasteiger charge is -2.30. The maximum absolute atomic E-state index is 3.84. The number of hydrogen-bond acceptors (Lipinski definition) is 2. The van der Waals surface area contributed by atoms with E-state index in [1.165, 1.54) is 45.2 Å². The lowest BCUT2D eigenvalue weighted by molar-refractivity contribution is 0.278. The standard InChI is InChI=1S/C12H24N2/c1-10-4-3-5-11(8-10)13-12-6-7-14(2)9-12/h10-13H,3-9H2,1-2H3/t10-,11-,12+/m1/s1. The van der Waals surface area contributed by atoms with E-state index in [2.05, 4.69) is 24.2 Å². The van der Waals surface area contributed by atoms with E-state index in [1.807, 2.05) is 0 Å². The molecule has 2 aliphatic rings. The number of hydrogen-bond donors (Lipinski definition) is 1. The van der Waals surface area contributed by atoms with Crippen molar-refractivity contribution in [2.75, 3.05) is 20.1 Å². The van der Waals surface area contributed by atoms with Crippen LogP contribution in [-0.2, 0) is 0 Å². The first kappa shape index (κ1) is 10.4.